The van der Waals surface area contributed by atoms with Crippen LogP contribution in [0.25, 0.3) is 0 Å². The number of hydrogen-bond donors (Lipinski definition) is 2. The minimum Gasteiger partial charge on any atom is -0.454 e. The SMILES string of the molecule is CCNC(=NCc1ccc2c(c1)OCO2)NCCOCC(C)C.I. The highest BCUT2D eigenvalue weighted by Gasteiger charge is 2.12. The molecule has 1 aliphatic rings. The van der Waals surface area contributed by atoms with Crippen molar-refractivity contribution >= 4 is 29.9 Å². The van der Waals surface area contributed by atoms with E-state index in [1.807, 2.05) is 25.1 Å². The summed E-state index contributed by atoms with van der Waals surface area (Å²) in [4.78, 5) is 4.58. The van der Waals surface area contributed by atoms with Gasteiger partial charge in [0.1, 0.15) is 0 Å². The molecule has 0 saturated carbocycles. The van der Waals surface area contributed by atoms with E-state index in [0.29, 0.717) is 25.9 Å². The van der Waals surface area contributed by atoms with Gasteiger partial charge < -0.3 is 24.8 Å². The Morgan fingerprint density at radius 2 is 2.04 bits per heavy atom. The first-order valence-electron chi connectivity index (χ1n) is 8.17. The van der Waals surface area contributed by atoms with Crippen LogP contribution < -0.4 is 20.1 Å². The van der Waals surface area contributed by atoms with Gasteiger partial charge in [0, 0.05) is 19.7 Å². The maximum atomic E-state index is 5.56. The van der Waals surface area contributed by atoms with Crippen LogP contribution in [0, 0.1) is 5.92 Å². The van der Waals surface area contributed by atoms with Crippen LogP contribution in [-0.2, 0) is 11.3 Å². The van der Waals surface area contributed by atoms with Gasteiger partial charge in [-0.25, -0.2) is 4.99 Å². The largest absolute Gasteiger partial charge is 0.454 e. The molecule has 1 aliphatic heterocycles. The lowest BCUT2D eigenvalue weighted by Crippen LogP contribution is -2.39. The average Bonchev–Trinajstić information content (AvgIpc) is 2.99. The summed E-state index contributed by atoms with van der Waals surface area (Å²) in [7, 11) is 0. The van der Waals surface area contributed by atoms with Crippen molar-refractivity contribution in [3.05, 3.63) is 23.8 Å². The maximum absolute atomic E-state index is 5.56. The fraction of sp³-hybridized carbons (Fsp3) is 0.588. The summed E-state index contributed by atoms with van der Waals surface area (Å²) >= 11 is 0. The van der Waals surface area contributed by atoms with Crippen LogP contribution in [-0.4, -0.2) is 39.1 Å². The lowest BCUT2D eigenvalue weighted by Gasteiger charge is -2.12. The van der Waals surface area contributed by atoms with Crippen molar-refractivity contribution in [3.8, 4) is 11.5 Å². The van der Waals surface area contributed by atoms with Crippen LogP contribution in [0.2, 0.25) is 0 Å². The fourth-order valence-corrected chi connectivity index (χ4v) is 2.11. The molecule has 2 rings (SSSR count). The van der Waals surface area contributed by atoms with Gasteiger partial charge in [-0.3, -0.25) is 0 Å². The molecule has 0 saturated heterocycles. The number of nitrogens with one attached hydrogen (secondary N) is 2. The Morgan fingerprint density at radius 3 is 2.79 bits per heavy atom. The molecule has 1 heterocycles. The van der Waals surface area contributed by atoms with Crippen molar-refractivity contribution in [2.75, 3.05) is 33.1 Å². The Bertz CT molecular complexity index is 524. The van der Waals surface area contributed by atoms with E-state index in [9.17, 15) is 0 Å². The van der Waals surface area contributed by atoms with Gasteiger partial charge in [0.2, 0.25) is 6.79 Å². The molecule has 0 unspecified atom stereocenters. The van der Waals surface area contributed by atoms with Crippen molar-refractivity contribution in [2.45, 2.75) is 27.3 Å². The lowest BCUT2D eigenvalue weighted by atomic mass is 10.2. The number of benzene rings is 1. The highest BCUT2D eigenvalue weighted by Crippen LogP contribution is 2.32. The zero-order chi connectivity index (χ0) is 16.5. The van der Waals surface area contributed by atoms with Crippen molar-refractivity contribution in [2.24, 2.45) is 10.9 Å². The van der Waals surface area contributed by atoms with Gasteiger partial charge in [-0.05, 0) is 30.5 Å². The van der Waals surface area contributed by atoms with Gasteiger partial charge in [-0.15, -0.1) is 24.0 Å². The van der Waals surface area contributed by atoms with Crippen LogP contribution in [0.5, 0.6) is 11.5 Å². The number of fused-ring (bicyclic) bond motifs is 1. The summed E-state index contributed by atoms with van der Waals surface area (Å²) < 4.78 is 16.3. The normalized spacial score (nSPS) is 12.9. The van der Waals surface area contributed by atoms with Crippen molar-refractivity contribution in [3.63, 3.8) is 0 Å². The molecular weight excluding hydrogens is 421 g/mol. The molecule has 0 aliphatic carbocycles. The third kappa shape index (κ3) is 7.12. The molecule has 0 radical (unpaired) electrons. The smallest absolute Gasteiger partial charge is 0.231 e. The average molecular weight is 449 g/mol. The van der Waals surface area contributed by atoms with E-state index in [-0.39, 0.29) is 24.0 Å². The molecule has 2 N–H and O–H groups in total. The van der Waals surface area contributed by atoms with E-state index in [2.05, 4.69) is 29.5 Å². The summed E-state index contributed by atoms with van der Waals surface area (Å²) in [6, 6.07) is 5.90. The molecule has 7 heteroatoms. The van der Waals surface area contributed by atoms with E-state index in [4.69, 9.17) is 14.2 Å². The number of aliphatic imine (C=N–C) groups is 1. The predicted molar refractivity (Wildman–Crippen MR) is 106 cm³/mol. The topological polar surface area (TPSA) is 64.1 Å². The van der Waals surface area contributed by atoms with Gasteiger partial charge >= 0.3 is 0 Å². The van der Waals surface area contributed by atoms with Crippen LogP contribution >= 0.6 is 24.0 Å². The Balaban J connectivity index is 0.00000288. The highest BCUT2D eigenvalue weighted by molar-refractivity contribution is 14.0. The number of halogens is 1. The molecule has 1 aromatic carbocycles. The minimum atomic E-state index is 0. The molecule has 0 fully saturated rings. The number of rotatable bonds is 8. The molecule has 24 heavy (non-hydrogen) atoms. The first-order chi connectivity index (χ1) is 11.2. The third-order valence-corrected chi connectivity index (χ3v) is 3.19. The van der Waals surface area contributed by atoms with E-state index < -0.39 is 0 Å². The second-order valence-electron chi connectivity index (χ2n) is 5.78. The zero-order valence-electron chi connectivity index (χ0n) is 14.6. The second kappa shape index (κ2) is 11.4. The fourth-order valence-electron chi connectivity index (χ4n) is 2.11. The van der Waals surface area contributed by atoms with E-state index in [1.165, 1.54) is 0 Å². The van der Waals surface area contributed by atoms with Crippen molar-refractivity contribution in [1.82, 2.24) is 10.6 Å². The van der Waals surface area contributed by atoms with Gasteiger partial charge in [-0.2, -0.15) is 0 Å². The Hall–Kier alpha value is -1.22. The van der Waals surface area contributed by atoms with Crippen LogP contribution in [0.4, 0.5) is 0 Å². The zero-order valence-corrected chi connectivity index (χ0v) is 17.0. The molecule has 0 bridgehead atoms. The van der Waals surface area contributed by atoms with Crippen molar-refractivity contribution in [1.29, 1.82) is 0 Å². The summed E-state index contributed by atoms with van der Waals surface area (Å²) in [5, 5.41) is 6.51. The van der Waals surface area contributed by atoms with Crippen molar-refractivity contribution < 1.29 is 14.2 Å². The summed E-state index contributed by atoms with van der Waals surface area (Å²) in [6.45, 7) is 10.2. The molecule has 0 atom stereocenters. The summed E-state index contributed by atoms with van der Waals surface area (Å²) in [5.41, 5.74) is 1.09. The Labute approximate surface area is 161 Å². The quantitative estimate of drug-likeness (QED) is 0.277. The van der Waals surface area contributed by atoms with E-state index in [0.717, 1.165) is 42.7 Å². The molecule has 136 valence electrons. The van der Waals surface area contributed by atoms with Crippen LogP contribution in [0.1, 0.15) is 26.3 Å². The van der Waals surface area contributed by atoms with Crippen LogP contribution in [0.3, 0.4) is 0 Å². The standard InChI is InChI=1S/C17H27N3O3.HI/c1-4-18-17(19-7-8-21-11-13(2)3)20-10-14-5-6-15-16(9-14)23-12-22-15;/h5-6,9,13H,4,7-8,10-12H2,1-3H3,(H2,18,19,20);1H. The minimum absolute atomic E-state index is 0. The van der Waals surface area contributed by atoms with Crippen LogP contribution in [0.15, 0.2) is 23.2 Å². The monoisotopic (exact) mass is 449 g/mol. The molecule has 1 aromatic rings. The first kappa shape index (κ1) is 20.8. The first-order valence-corrected chi connectivity index (χ1v) is 8.17. The molecule has 0 amide bonds. The predicted octanol–water partition coefficient (Wildman–Crippen LogP) is 2.76. The van der Waals surface area contributed by atoms with E-state index in [1.54, 1.807) is 0 Å². The molecule has 0 spiro atoms. The summed E-state index contributed by atoms with van der Waals surface area (Å²) in [6.07, 6.45) is 0. The van der Waals surface area contributed by atoms with Gasteiger partial charge in [0.15, 0.2) is 17.5 Å². The highest BCUT2D eigenvalue weighted by atomic mass is 127. The summed E-state index contributed by atoms with van der Waals surface area (Å²) in [5.74, 6) is 2.93. The lowest BCUT2D eigenvalue weighted by molar-refractivity contribution is 0.114. The second-order valence-corrected chi connectivity index (χ2v) is 5.78. The number of guanidine groups is 1. The molecule has 0 aromatic heterocycles. The molecule has 6 nitrogen and oxygen atoms in total. The maximum Gasteiger partial charge on any atom is 0.231 e. The van der Waals surface area contributed by atoms with E-state index >= 15 is 0 Å². The number of ether oxygens (including phenoxy) is 3. The van der Waals surface area contributed by atoms with Gasteiger partial charge in [-0.1, -0.05) is 19.9 Å². The number of nitrogens with zero attached hydrogens (tertiary/aromatic N) is 1. The Kier molecular flexibility index (Phi) is 9.85. The number of hydrogen-bond acceptors (Lipinski definition) is 4. The van der Waals surface area contributed by atoms with Gasteiger partial charge in [0.05, 0.1) is 13.2 Å². The third-order valence-electron chi connectivity index (χ3n) is 3.19. The molecular formula is C17H28IN3O3. The van der Waals surface area contributed by atoms with Gasteiger partial charge in [0.25, 0.3) is 0 Å². The Morgan fingerprint density at radius 1 is 1.25 bits per heavy atom.